The SMILES string of the molecule is Cc1nc(Nc2ccc(N3CCN(C)CC3)cc2)nc(N)c1C=C[N+](=O)[O-]. The summed E-state index contributed by atoms with van der Waals surface area (Å²) in [6, 6.07) is 8.09. The van der Waals surface area contributed by atoms with Gasteiger partial charge in [0, 0.05) is 49.2 Å². The molecule has 2 heterocycles. The number of nitrogens with one attached hydrogen (secondary N) is 1. The molecule has 0 saturated carbocycles. The lowest BCUT2D eigenvalue weighted by atomic mass is 10.2. The minimum atomic E-state index is -0.549. The van der Waals surface area contributed by atoms with Gasteiger partial charge in [0.15, 0.2) is 0 Å². The summed E-state index contributed by atoms with van der Waals surface area (Å²) in [6.07, 6.45) is 2.13. The number of nitrogens with two attached hydrogens (primary N) is 1. The zero-order valence-electron chi connectivity index (χ0n) is 15.4. The second-order valence-corrected chi connectivity index (χ2v) is 6.49. The fourth-order valence-corrected chi connectivity index (χ4v) is 2.95. The Balaban J connectivity index is 1.71. The molecule has 2 aromatic rings. The molecular formula is C18H23N7O2. The van der Waals surface area contributed by atoms with Gasteiger partial charge < -0.3 is 20.9 Å². The number of nitrogen functional groups attached to an aromatic ring is 1. The van der Waals surface area contributed by atoms with Gasteiger partial charge in [-0.3, -0.25) is 10.1 Å². The van der Waals surface area contributed by atoms with Crippen LogP contribution in [0.4, 0.5) is 23.1 Å². The van der Waals surface area contributed by atoms with Gasteiger partial charge in [-0.2, -0.15) is 4.98 Å². The third-order valence-corrected chi connectivity index (χ3v) is 4.52. The molecule has 3 N–H and O–H groups in total. The number of hydrogen-bond acceptors (Lipinski definition) is 8. The topological polar surface area (TPSA) is 113 Å². The molecule has 27 heavy (non-hydrogen) atoms. The van der Waals surface area contributed by atoms with E-state index in [2.05, 4.69) is 44.3 Å². The summed E-state index contributed by atoms with van der Waals surface area (Å²) in [7, 11) is 2.14. The van der Waals surface area contributed by atoms with Gasteiger partial charge in [-0.15, -0.1) is 0 Å². The van der Waals surface area contributed by atoms with Crippen LogP contribution in [-0.4, -0.2) is 53.0 Å². The zero-order chi connectivity index (χ0) is 19.4. The molecule has 9 heteroatoms. The highest BCUT2D eigenvalue weighted by molar-refractivity contribution is 5.66. The number of nitrogens with zero attached hydrogens (tertiary/aromatic N) is 5. The minimum absolute atomic E-state index is 0.192. The maximum atomic E-state index is 10.5. The largest absolute Gasteiger partial charge is 0.383 e. The standard InChI is InChI=1S/C18H23N7O2/c1-13-16(7-8-25(26)27)17(19)22-18(20-13)21-14-3-5-15(6-4-14)24-11-9-23(2)10-12-24/h3-8H,9-12H2,1-2H3,(H3,19,20,21,22). The lowest BCUT2D eigenvalue weighted by Crippen LogP contribution is -2.44. The summed E-state index contributed by atoms with van der Waals surface area (Å²) in [5.74, 6) is 0.549. The van der Waals surface area contributed by atoms with Gasteiger partial charge in [0.25, 0.3) is 0 Å². The van der Waals surface area contributed by atoms with E-state index in [1.165, 1.54) is 11.8 Å². The highest BCUT2D eigenvalue weighted by atomic mass is 16.6. The average Bonchev–Trinajstić information content (AvgIpc) is 2.62. The maximum absolute atomic E-state index is 10.5. The van der Waals surface area contributed by atoms with Crippen LogP contribution in [0.25, 0.3) is 6.08 Å². The summed E-state index contributed by atoms with van der Waals surface area (Å²) < 4.78 is 0. The van der Waals surface area contributed by atoms with Gasteiger partial charge in [0.1, 0.15) is 5.82 Å². The molecular weight excluding hydrogens is 346 g/mol. The molecule has 1 aromatic heterocycles. The van der Waals surface area contributed by atoms with Crippen molar-refractivity contribution < 1.29 is 4.92 Å². The molecule has 1 aromatic carbocycles. The molecule has 1 saturated heterocycles. The predicted octanol–water partition coefficient (Wildman–Crippen LogP) is 2.11. The van der Waals surface area contributed by atoms with Crippen molar-refractivity contribution in [1.82, 2.24) is 14.9 Å². The first-order valence-corrected chi connectivity index (χ1v) is 8.69. The number of benzene rings is 1. The normalized spacial score (nSPS) is 15.3. The predicted molar refractivity (Wildman–Crippen MR) is 107 cm³/mol. The van der Waals surface area contributed by atoms with E-state index in [0.717, 1.165) is 38.1 Å². The van der Waals surface area contributed by atoms with Crippen LogP contribution in [-0.2, 0) is 0 Å². The number of piperazine rings is 1. The monoisotopic (exact) mass is 369 g/mol. The van der Waals surface area contributed by atoms with Crippen LogP contribution in [0.3, 0.4) is 0 Å². The third-order valence-electron chi connectivity index (χ3n) is 4.52. The third kappa shape index (κ3) is 4.70. The van der Waals surface area contributed by atoms with Crippen LogP contribution >= 0.6 is 0 Å². The highest BCUT2D eigenvalue weighted by Gasteiger charge is 2.14. The highest BCUT2D eigenvalue weighted by Crippen LogP contribution is 2.23. The Morgan fingerprint density at radius 2 is 1.85 bits per heavy atom. The van der Waals surface area contributed by atoms with Crippen LogP contribution in [0.2, 0.25) is 0 Å². The molecule has 142 valence electrons. The molecule has 3 rings (SSSR count). The van der Waals surface area contributed by atoms with E-state index in [0.29, 0.717) is 17.2 Å². The fourth-order valence-electron chi connectivity index (χ4n) is 2.95. The fraction of sp³-hybridized carbons (Fsp3) is 0.333. The Kier molecular flexibility index (Phi) is 5.51. The molecule has 0 aliphatic carbocycles. The lowest BCUT2D eigenvalue weighted by Gasteiger charge is -2.34. The summed E-state index contributed by atoms with van der Waals surface area (Å²) in [4.78, 5) is 23.1. The Morgan fingerprint density at radius 3 is 2.44 bits per heavy atom. The van der Waals surface area contributed by atoms with E-state index in [4.69, 9.17) is 5.73 Å². The minimum Gasteiger partial charge on any atom is -0.383 e. The summed E-state index contributed by atoms with van der Waals surface area (Å²) >= 11 is 0. The molecule has 0 spiro atoms. The van der Waals surface area contributed by atoms with E-state index in [-0.39, 0.29) is 5.82 Å². The Labute approximate surface area is 157 Å². The van der Waals surface area contributed by atoms with Gasteiger partial charge in [-0.1, -0.05) is 0 Å². The van der Waals surface area contributed by atoms with Crippen molar-refractivity contribution in [1.29, 1.82) is 0 Å². The molecule has 0 unspecified atom stereocenters. The first kappa shape index (κ1) is 18.6. The summed E-state index contributed by atoms with van der Waals surface area (Å²) in [5.41, 5.74) is 8.97. The number of aryl methyl sites for hydroxylation is 1. The zero-order valence-corrected chi connectivity index (χ0v) is 15.4. The van der Waals surface area contributed by atoms with Gasteiger partial charge in [-0.05, 0) is 38.2 Å². The first-order valence-electron chi connectivity index (χ1n) is 8.69. The van der Waals surface area contributed by atoms with Crippen LogP contribution in [0.5, 0.6) is 0 Å². The number of nitro groups is 1. The molecule has 0 atom stereocenters. The van der Waals surface area contributed by atoms with Crippen LogP contribution in [0.1, 0.15) is 11.3 Å². The second kappa shape index (κ2) is 8.00. The van der Waals surface area contributed by atoms with Crippen molar-refractivity contribution in [2.45, 2.75) is 6.92 Å². The Hall–Kier alpha value is -3.20. The van der Waals surface area contributed by atoms with Crippen molar-refractivity contribution in [3.8, 4) is 0 Å². The number of aromatic nitrogens is 2. The molecule has 1 fully saturated rings. The van der Waals surface area contributed by atoms with Crippen molar-refractivity contribution >= 4 is 29.2 Å². The summed E-state index contributed by atoms with van der Waals surface area (Å²) in [5, 5.41) is 13.6. The van der Waals surface area contributed by atoms with E-state index in [9.17, 15) is 10.1 Å². The van der Waals surface area contributed by atoms with E-state index >= 15 is 0 Å². The van der Waals surface area contributed by atoms with Gasteiger partial charge in [-0.25, -0.2) is 4.98 Å². The van der Waals surface area contributed by atoms with Crippen LogP contribution in [0.15, 0.2) is 30.5 Å². The maximum Gasteiger partial charge on any atom is 0.235 e. The van der Waals surface area contributed by atoms with Crippen molar-refractivity contribution in [3.63, 3.8) is 0 Å². The first-order chi connectivity index (χ1) is 12.9. The van der Waals surface area contributed by atoms with E-state index in [1.807, 2.05) is 12.1 Å². The molecule has 0 radical (unpaired) electrons. The smallest absolute Gasteiger partial charge is 0.235 e. The van der Waals surface area contributed by atoms with Crippen molar-refractivity contribution in [2.24, 2.45) is 0 Å². The van der Waals surface area contributed by atoms with Crippen LogP contribution < -0.4 is 16.0 Å². The Morgan fingerprint density at radius 1 is 1.19 bits per heavy atom. The Bertz CT molecular complexity index is 820. The number of anilines is 4. The molecule has 0 amide bonds. The van der Waals surface area contributed by atoms with Gasteiger partial charge in [0.2, 0.25) is 12.1 Å². The second-order valence-electron chi connectivity index (χ2n) is 6.49. The van der Waals surface area contributed by atoms with E-state index in [1.54, 1.807) is 6.92 Å². The number of rotatable bonds is 5. The van der Waals surface area contributed by atoms with Crippen molar-refractivity contribution in [2.75, 3.05) is 49.2 Å². The molecule has 1 aliphatic rings. The van der Waals surface area contributed by atoms with Crippen molar-refractivity contribution in [3.05, 3.63) is 51.8 Å². The summed E-state index contributed by atoms with van der Waals surface area (Å²) in [6.45, 7) is 5.88. The molecule has 0 bridgehead atoms. The lowest BCUT2D eigenvalue weighted by molar-refractivity contribution is -0.400. The van der Waals surface area contributed by atoms with Crippen LogP contribution in [0, 0.1) is 17.0 Å². The number of likely N-dealkylation sites (N-methyl/N-ethyl adjacent to an activating group) is 1. The van der Waals surface area contributed by atoms with Gasteiger partial charge >= 0.3 is 0 Å². The molecule has 9 nitrogen and oxygen atoms in total. The quantitative estimate of drug-likeness (QED) is 0.608. The molecule has 1 aliphatic heterocycles. The van der Waals surface area contributed by atoms with Gasteiger partial charge in [0.05, 0.1) is 10.6 Å². The van der Waals surface area contributed by atoms with E-state index < -0.39 is 4.92 Å². The number of hydrogen-bond donors (Lipinski definition) is 2. The average molecular weight is 369 g/mol.